The first-order valence-corrected chi connectivity index (χ1v) is 11.8. The number of carbonyl (C=O) groups is 1. The molecule has 0 saturated heterocycles. The average Bonchev–Trinajstić information content (AvgIpc) is 3.53. The zero-order valence-corrected chi connectivity index (χ0v) is 20.2. The van der Waals surface area contributed by atoms with Gasteiger partial charge in [0.1, 0.15) is 11.6 Å². The highest BCUT2D eigenvalue weighted by Crippen LogP contribution is 2.35. The maximum atomic E-state index is 12.9. The Bertz CT molecular complexity index is 1880. The van der Waals surface area contributed by atoms with Gasteiger partial charge in [0.25, 0.3) is 5.91 Å². The number of nitrogens with one attached hydrogen (secondary N) is 4. The Morgan fingerprint density at radius 3 is 2.66 bits per heavy atom. The summed E-state index contributed by atoms with van der Waals surface area (Å²) in [5, 5.41) is 13.5. The molecule has 6 aromatic rings. The number of hydrogen-bond donors (Lipinski definition) is 5. The lowest BCUT2D eigenvalue weighted by Crippen LogP contribution is -2.22. The van der Waals surface area contributed by atoms with Crippen molar-refractivity contribution >= 4 is 28.0 Å². The molecule has 0 aliphatic carbocycles. The van der Waals surface area contributed by atoms with Gasteiger partial charge >= 0.3 is 5.69 Å². The molecule has 0 saturated carbocycles. The van der Waals surface area contributed by atoms with E-state index in [2.05, 4.69) is 30.2 Å². The number of pyridine rings is 1. The van der Waals surface area contributed by atoms with Crippen LogP contribution in [0.4, 0.5) is 0 Å². The summed E-state index contributed by atoms with van der Waals surface area (Å²) in [7, 11) is 1.56. The molecule has 0 aliphatic heterocycles. The van der Waals surface area contributed by atoms with E-state index in [1.165, 1.54) is 0 Å². The molecule has 10 heteroatoms. The molecule has 10 nitrogen and oxygen atoms in total. The summed E-state index contributed by atoms with van der Waals surface area (Å²) in [4.78, 5) is 41.8. The summed E-state index contributed by atoms with van der Waals surface area (Å²) in [5.74, 6) is 0.751. The van der Waals surface area contributed by atoms with Crippen molar-refractivity contribution in [2.45, 2.75) is 6.54 Å². The number of amides is 1. The summed E-state index contributed by atoms with van der Waals surface area (Å²) < 4.78 is 5.38. The number of ether oxygens (including phenoxy) is 1. The smallest absolute Gasteiger partial charge is 0.323 e. The fourth-order valence-electron chi connectivity index (χ4n) is 4.42. The van der Waals surface area contributed by atoms with Crippen LogP contribution in [0, 0.1) is 0 Å². The van der Waals surface area contributed by atoms with Crippen LogP contribution in [0.25, 0.3) is 44.6 Å². The first kappa shape index (κ1) is 23.0. The second-order valence-electron chi connectivity index (χ2n) is 8.75. The monoisotopic (exact) mass is 506 g/mol. The third-order valence-corrected chi connectivity index (χ3v) is 6.31. The molecule has 38 heavy (non-hydrogen) atoms. The van der Waals surface area contributed by atoms with Crippen molar-refractivity contribution in [2.75, 3.05) is 7.11 Å². The van der Waals surface area contributed by atoms with E-state index >= 15 is 0 Å². The fraction of sp³-hybridized carbons (Fsp3) is 0.0714. The number of aromatic nitrogens is 5. The average molecular weight is 507 g/mol. The number of methoxy groups -OCH3 is 1. The first-order chi connectivity index (χ1) is 18.5. The minimum atomic E-state index is -0.273. The molecule has 3 aromatic heterocycles. The second-order valence-corrected chi connectivity index (χ2v) is 8.75. The molecule has 6 rings (SSSR count). The number of phenolic OH excluding ortho intramolecular Hbond substituents is 1. The number of aromatic amines is 3. The molecule has 0 fully saturated rings. The molecular formula is C28H22N6O4. The summed E-state index contributed by atoms with van der Waals surface area (Å²) >= 11 is 0. The van der Waals surface area contributed by atoms with Gasteiger partial charge in [0.15, 0.2) is 0 Å². The molecule has 3 heterocycles. The number of phenols is 1. The zero-order chi connectivity index (χ0) is 26.2. The minimum Gasteiger partial charge on any atom is -0.507 e. The Morgan fingerprint density at radius 2 is 1.79 bits per heavy atom. The topological polar surface area (TPSA) is 149 Å². The highest BCUT2D eigenvalue weighted by Gasteiger charge is 2.15. The zero-order valence-electron chi connectivity index (χ0n) is 20.2. The number of benzene rings is 3. The van der Waals surface area contributed by atoms with Gasteiger partial charge in [-0.2, -0.15) is 0 Å². The Hall–Kier alpha value is -5.38. The van der Waals surface area contributed by atoms with Crippen molar-refractivity contribution in [3.8, 4) is 34.1 Å². The molecule has 0 radical (unpaired) electrons. The van der Waals surface area contributed by atoms with Crippen molar-refractivity contribution in [2.24, 2.45) is 0 Å². The number of carbonyl (C=O) groups excluding carboxylic acids is 1. The number of imidazole rings is 2. The van der Waals surface area contributed by atoms with Crippen LogP contribution in [0.15, 0.2) is 77.7 Å². The highest BCUT2D eigenvalue weighted by molar-refractivity contribution is 5.98. The second kappa shape index (κ2) is 9.25. The predicted molar refractivity (Wildman–Crippen MR) is 143 cm³/mol. The van der Waals surface area contributed by atoms with Crippen molar-refractivity contribution < 1.29 is 14.6 Å². The number of fused-ring (bicyclic) bond motifs is 2. The summed E-state index contributed by atoms with van der Waals surface area (Å²) in [5.41, 5.74) is 5.83. The molecule has 0 bridgehead atoms. The minimum absolute atomic E-state index is 0.0642. The van der Waals surface area contributed by atoms with Gasteiger partial charge in [0.2, 0.25) is 5.88 Å². The van der Waals surface area contributed by atoms with Crippen LogP contribution >= 0.6 is 0 Å². The predicted octanol–water partition coefficient (Wildman–Crippen LogP) is 4.11. The van der Waals surface area contributed by atoms with Crippen LogP contribution in [0.5, 0.6) is 11.6 Å². The summed E-state index contributed by atoms with van der Waals surface area (Å²) in [6.07, 6.45) is 1.65. The Balaban J connectivity index is 1.25. The Morgan fingerprint density at radius 1 is 0.947 bits per heavy atom. The Kier molecular flexibility index (Phi) is 5.61. The molecule has 0 spiro atoms. The van der Waals surface area contributed by atoms with Gasteiger partial charge in [-0.25, -0.2) is 14.8 Å². The molecule has 0 unspecified atom stereocenters. The van der Waals surface area contributed by atoms with E-state index in [0.29, 0.717) is 45.9 Å². The van der Waals surface area contributed by atoms with Crippen LogP contribution < -0.4 is 15.7 Å². The van der Waals surface area contributed by atoms with Crippen LogP contribution in [0.3, 0.4) is 0 Å². The number of nitrogens with zero attached hydrogens (tertiary/aromatic N) is 2. The maximum absolute atomic E-state index is 12.9. The van der Waals surface area contributed by atoms with Gasteiger partial charge in [0, 0.05) is 23.9 Å². The van der Waals surface area contributed by atoms with E-state index in [-0.39, 0.29) is 17.3 Å². The van der Waals surface area contributed by atoms with Gasteiger partial charge in [-0.05, 0) is 65.7 Å². The first-order valence-electron chi connectivity index (χ1n) is 11.8. The third-order valence-electron chi connectivity index (χ3n) is 6.31. The highest BCUT2D eigenvalue weighted by atomic mass is 16.5. The molecule has 188 valence electrons. The van der Waals surface area contributed by atoms with Crippen LogP contribution in [-0.4, -0.2) is 43.0 Å². The normalized spacial score (nSPS) is 11.2. The lowest BCUT2D eigenvalue weighted by Gasteiger charge is -2.09. The van der Waals surface area contributed by atoms with Gasteiger partial charge < -0.3 is 30.1 Å². The molecule has 1 amide bonds. The van der Waals surface area contributed by atoms with Crippen LogP contribution in [-0.2, 0) is 6.54 Å². The molecule has 3 aromatic carbocycles. The van der Waals surface area contributed by atoms with E-state index in [0.717, 1.165) is 22.2 Å². The van der Waals surface area contributed by atoms with Crippen molar-refractivity contribution in [3.63, 3.8) is 0 Å². The molecule has 0 atom stereocenters. The van der Waals surface area contributed by atoms with E-state index in [1.54, 1.807) is 49.7 Å². The van der Waals surface area contributed by atoms with E-state index in [9.17, 15) is 14.7 Å². The van der Waals surface area contributed by atoms with Crippen molar-refractivity contribution in [3.05, 3.63) is 94.5 Å². The largest absolute Gasteiger partial charge is 0.507 e. The van der Waals surface area contributed by atoms with E-state index < -0.39 is 0 Å². The molecule has 0 aliphatic rings. The molecule has 5 N–H and O–H groups in total. The number of rotatable bonds is 6. The van der Waals surface area contributed by atoms with Crippen LogP contribution in [0.1, 0.15) is 15.9 Å². The van der Waals surface area contributed by atoms with E-state index in [1.807, 2.05) is 30.3 Å². The Labute approximate surface area is 215 Å². The fourth-order valence-corrected chi connectivity index (χ4v) is 4.42. The summed E-state index contributed by atoms with van der Waals surface area (Å²) in [6.45, 7) is 0.296. The summed E-state index contributed by atoms with van der Waals surface area (Å²) in [6, 6.07) is 19.6. The van der Waals surface area contributed by atoms with Gasteiger partial charge in [-0.15, -0.1) is 0 Å². The lowest BCUT2D eigenvalue weighted by atomic mass is 10.0. The number of aromatic hydroxyl groups is 1. The lowest BCUT2D eigenvalue weighted by molar-refractivity contribution is 0.0951. The quantitative estimate of drug-likeness (QED) is 0.230. The van der Waals surface area contributed by atoms with Gasteiger partial charge in [0.05, 0.1) is 34.7 Å². The van der Waals surface area contributed by atoms with Crippen molar-refractivity contribution in [1.29, 1.82) is 0 Å². The third kappa shape index (κ3) is 4.24. The van der Waals surface area contributed by atoms with Gasteiger partial charge in [-0.1, -0.05) is 12.1 Å². The number of H-pyrrole nitrogens is 3. The van der Waals surface area contributed by atoms with Crippen LogP contribution in [0.2, 0.25) is 0 Å². The molecular weight excluding hydrogens is 484 g/mol. The standard InChI is InChI=1S/C28H22N6O4/c1-38-27-18(3-2-10-29-27)16-6-9-24(35)19(12-16)25-31-20-8-5-17(13-23(20)32-25)26(36)30-14-15-4-7-21-22(11-15)34-28(37)33-21/h2-13,35H,14H2,1H3,(H,30,36)(H,31,32)(H2,33,34,37). The van der Waals surface area contributed by atoms with Crippen molar-refractivity contribution in [1.82, 2.24) is 30.2 Å². The van der Waals surface area contributed by atoms with Gasteiger partial charge in [-0.3, -0.25) is 4.79 Å². The maximum Gasteiger partial charge on any atom is 0.323 e. The number of hydrogen-bond acceptors (Lipinski definition) is 6. The SMILES string of the molecule is COc1ncccc1-c1ccc(O)c(-c2nc3cc(C(=O)NCc4ccc5[nH]c(=O)[nH]c5c4)ccc3[nH]2)c1. The van der Waals surface area contributed by atoms with E-state index in [4.69, 9.17) is 4.74 Å².